The lowest BCUT2D eigenvalue weighted by Crippen LogP contribution is -2.41. The standard InChI is InChI=1S/C22H19N3O4/c1-14-16(9-6-12-19(14)25(28)29)13-24-20(26)22(2,23-21(24)27)18-11-5-8-15-7-3-4-10-17(15)18/h3-12H,13H2,1-2H3,(H,23,27)/t22-/m1/s1. The number of nitro benzene ring substituents is 1. The molecule has 0 radical (unpaired) electrons. The zero-order valence-electron chi connectivity index (χ0n) is 16.0. The Balaban J connectivity index is 1.73. The smallest absolute Gasteiger partial charge is 0.319 e. The number of carbonyl (C=O) groups is 2. The average molecular weight is 389 g/mol. The van der Waals surface area contributed by atoms with E-state index in [1.165, 1.54) is 6.07 Å². The molecule has 0 aromatic heterocycles. The van der Waals surface area contributed by atoms with E-state index < -0.39 is 16.5 Å². The van der Waals surface area contributed by atoms with Gasteiger partial charge in [-0.05, 0) is 35.7 Å². The maximum absolute atomic E-state index is 13.3. The van der Waals surface area contributed by atoms with Gasteiger partial charge in [-0.1, -0.05) is 54.6 Å². The summed E-state index contributed by atoms with van der Waals surface area (Å²) in [7, 11) is 0. The molecule has 1 atom stereocenters. The summed E-state index contributed by atoms with van der Waals surface area (Å²) in [6.07, 6.45) is 0. The highest BCUT2D eigenvalue weighted by atomic mass is 16.6. The molecule has 0 bridgehead atoms. The zero-order chi connectivity index (χ0) is 20.8. The second-order valence-corrected chi connectivity index (χ2v) is 7.29. The van der Waals surface area contributed by atoms with Crippen molar-refractivity contribution in [2.45, 2.75) is 25.9 Å². The molecule has 1 aliphatic heterocycles. The molecule has 3 aromatic carbocycles. The van der Waals surface area contributed by atoms with Crippen LogP contribution in [0.2, 0.25) is 0 Å². The van der Waals surface area contributed by atoms with E-state index in [4.69, 9.17) is 0 Å². The lowest BCUT2D eigenvalue weighted by molar-refractivity contribution is -0.385. The molecule has 3 aromatic rings. The third-order valence-corrected chi connectivity index (χ3v) is 5.55. The molecule has 3 amide bonds. The Morgan fingerprint density at radius 3 is 2.48 bits per heavy atom. The molecule has 1 aliphatic rings. The lowest BCUT2D eigenvalue weighted by atomic mass is 9.87. The predicted molar refractivity (Wildman–Crippen MR) is 108 cm³/mol. The fraction of sp³-hybridized carbons (Fsp3) is 0.182. The summed E-state index contributed by atoms with van der Waals surface area (Å²) in [4.78, 5) is 37.9. The highest BCUT2D eigenvalue weighted by Gasteiger charge is 2.49. The van der Waals surface area contributed by atoms with Crippen molar-refractivity contribution in [3.05, 3.63) is 87.5 Å². The summed E-state index contributed by atoms with van der Waals surface area (Å²) in [5.74, 6) is -0.384. The van der Waals surface area contributed by atoms with Crippen LogP contribution in [0.5, 0.6) is 0 Å². The van der Waals surface area contributed by atoms with Crippen LogP contribution in [0.25, 0.3) is 10.8 Å². The van der Waals surface area contributed by atoms with Crippen LogP contribution >= 0.6 is 0 Å². The van der Waals surface area contributed by atoms with Crippen LogP contribution in [0, 0.1) is 17.0 Å². The van der Waals surface area contributed by atoms with Gasteiger partial charge in [0, 0.05) is 11.6 Å². The number of hydrogen-bond donors (Lipinski definition) is 1. The van der Waals surface area contributed by atoms with Gasteiger partial charge in [-0.2, -0.15) is 0 Å². The number of nitro groups is 1. The van der Waals surface area contributed by atoms with E-state index in [9.17, 15) is 19.7 Å². The molecular formula is C22H19N3O4. The van der Waals surface area contributed by atoms with Crippen molar-refractivity contribution in [1.29, 1.82) is 0 Å². The molecule has 4 rings (SSSR count). The van der Waals surface area contributed by atoms with E-state index in [0.29, 0.717) is 16.7 Å². The molecule has 1 N–H and O–H groups in total. The number of imide groups is 1. The van der Waals surface area contributed by atoms with Gasteiger partial charge in [0.2, 0.25) is 0 Å². The first-order chi connectivity index (χ1) is 13.8. The molecule has 29 heavy (non-hydrogen) atoms. The lowest BCUT2D eigenvalue weighted by Gasteiger charge is -2.24. The third kappa shape index (κ3) is 2.91. The summed E-state index contributed by atoms with van der Waals surface area (Å²) < 4.78 is 0. The van der Waals surface area contributed by atoms with Crippen molar-refractivity contribution < 1.29 is 14.5 Å². The summed E-state index contributed by atoms with van der Waals surface area (Å²) in [6.45, 7) is 3.28. The first-order valence-corrected chi connectivity index (χ1v) is 9.18. The van der Waals surface area contributed by atoms with Gasteiger partial charge in [0.05, 0.1) is 11.5 Å². The summed E-state index contributed by atoms with van der Waals surface area (Å²) in [6, 6.07) is 17.5. The topological polar surface area (TPSA) is 92.6 Å². The first-order valence-electron chi connectivity index (χ1n) is 9.18. The highest BCUT2D eigenvalue weighted by Crippen LogP contribution is 2.35. The van der Waals surface area contributed by atoms with Gasteiger partial charge >= 0.3 is 6.03 Å². The van der Waals surface area contributed by atoms with Gasteiger partial charge < -0.3 is 5.32 Å². The minimum Gasteiger partial charge on any atom is -0.319 e. The van der Waals surface area contributed by atoms with Crippen molar-refractivity contribution in [1.82, 2.24) is 10.2 Å². The molecule has 7 heteroatoms. The number of benzene rings is 3. The molecule has 0 unspecified atom stereocenters. The molecule has 1 saturated heterocycles. The fourth-order valence-electron chi connectivity index (χ4n) is 3.89. The molecule has 1 fully saturated rings. The van der Waals surface area contributed by atoms with Crippen molar-refractivity contribution in [3.8, 4) is 0 Å². The number of nitrogens with one attached hydrogen (secondary N) is 1. The number of hydrogen-bond acceptors (Lipinski definition) is 4. The van der Waals surface area contributed by atoms with Crippen molar-refractivity contribution in [3.63, 3.8) is 0 Å². The molecule has 7 nitrogen and oxygen atoms in total. The second kappa shape index (κ2) is 6.70. The van der Waals surface area contributed by atoms with Gasteiger partial charge in [0.15, 0.2) is 0 Å². The largest absolute Gasteiger partial charge is 0.325 e. The Kier molecular flexibility index (Phi) is 4.30. The number of urea groups is 1. The summed E-state index contributed by atoms with van der Waals surface area (Å²) >= 11 is 0. The number of fused-ring (bicyclic) bond motifs is 1. The number of nitrogens with zero attached hydrogens (tertiary/aromatic N) is 2. The molecule has 146 valence electrons. The van der Waals surface area contributed by atoms with E-state index in [1.807, 2.05) is 42.5 Å². The first kappa shape index (κ1) is 18.6. The van der Waals surface area contributed by atoms with Gasteiger partial charge in [-0.25, -0.2) is 4.79 Å². The normalized spacial score (nSPS) is 18.9. The van der Waals surface area contributed by atoms with Crippen LogP contribution in [-0.2, 0) is 16.9 Å². The van der Waals surface area contributed by atoms with E-state index in [2.05, 4.69) is 5.32 Å². The minimum absolute atomic E-state index is 0.0292. The van der Waals surface area contributed by atoms with Crippen LogP contribution < -0.4 is 5.32 Å². The van der Waals surface area contributed by atoms with E-state index in [0.717, 1.165) is 15.7 Å². The van der Waals surface area contributed by atoms with Gasteiger partial charge in [-0.3, -0.25) is 19.8 Å². The van der Waals surface area contributed by atoms with Crippen LogP contribution in [0.1, 0.15) is 23.6 Å². The molecule has 0 saturated carbocycles. The van der Waals surface area contributed by atoms with E-state index in [1.54, 1.807) is 26.0 Å². The minimum atomic E-state index is -1.22. The average Bonchev–Trinajstić information content (AvgIpc) is 2.92. The number of amides is 3. The van der Waals surface area contributed by atoms with Gasteiger partial charge in [0.25, 0.3) is 11.6 Å². The van der Waals surface area contributed by atoms with Crippen LogP contribution in [0.3, 0.4) is 0 Å². The number of rotatable bonds is 4. The summed E-state index contributed by atoms with van der Waals surface area (Å²) in [5.41, 5.74) is 0.465. The molecule has 1 heterocycles. The zero-order valence-corrected chi connectivity index (χ0v) is 16.0. The quantitative estimate of drug-likeness (QED) is 0.414. The van der Waals surface area contributed by atoms with E-state index in [-0.39, 0.29) is 18.1 Å². The maximum Gasteiger partial charge on any atom is 0.325 e. The Hall–Kier alpha value is -3.74. The Bertz CT molecular complexity index is 1170. The van der Waals surface area contributed by atoms with Crippen molar-refractivity contribution in [2.24, 2.45) is 0 Å². The SMILES string of the molecule is Cc1c(CN2C(=O)N[C@](C)(c3cccc4ccccc34)C2=O)cccc1[N+](=O)[O-]. The van der Waals surface area contributed by atoms with Gasteiger partial charge in [0.1, 0.15) is 5.54 Å². The Morgan fingerprint density at radius 1 is 1.03 bits per heavy atom. The van der Waals surface area contributed by atoms with Crippen LogP contribution in [-0.4, -0.2) is 21.8 Å². The second-order valence-electron chi connectivity index (χ2n) is 7.29. The van der Waals surface area contributed by atoms with Crippen LogP contribution in [0.4, 0.5) is 10.5 Å². The maximum atomic E-state index is 13.3. The monoisotopic (exact) mass is 389 g/mol. The van der Waals surface area contributed by atoms with E-state index >= 15 is 0 Å². The number of carbonyl (C=O) groups excluding carboxylic acids is 2. The fourth-order valence-corrected chi connectivity index (χ4v) is 3.89. The van der Waals surface area contributed by atoms with Crippen molar-refractivity contribution >= 4 is 28.4 Å². The molecule has 0 spiro atoms. The Morgan fingerprint density at radius 2 is 1.72 bits per heavy atom. The molecule has 0 aliphatic carbocycles. The third-order valence-electron chi connectivity index (χ3n) is 5.55. The Labute approximate surface area is 167 Å². The highest BCUT2D eigenvalue weighted by molar-refractivity contribution is 6.09. The van der Waals surface area contributed by atoms with Gasteiger partial charge in [-0.15, -0.1) is 0 Å². The molecular weight excluding hydrogens is 370 g/mol. The van der Waals surface area contributed by atoms with Crippen molar-refractivity contribution in [2.75, 3.05) is 0 Å². The predicted octanol–water partition coefficient (Wildman–Crippen LogP) is 4.02. The summed E-state index contributed by atoms with van der Waals surface area (Å²) in [5, 5.41) is 15.9. The van der Waals surface area contributed by atoms with Crippen LogP contribution in [0.15, 0.2) is 60.7 Å².